The van der Waals surface area contributed by atoms with Crippen molar-refractivity contribution in [2.75, 3.05) is 92.3 Å². The molecule has 10 heterocycles. The van der Waals surface area contributed by atoms with Crippen LogP contribution < -0.4 is 16.0 Å². The number of nitrogens with zero attached hydrogens (tertiary/aromatic N) is 13. The minimum absolute atomic E-state index is 0.00541. The van der Waals surface area contributed by atoms with E-state index in [1.165, 1.54) is 17.2 Å². The third kappa shape index (κ3) is 21.8. The number of aromatic nitrogens is 4. The van der Waals surface area contributed by atoms with E-state index in [1.54, 1.807) is 64.4 Å². The fraction of sp³-hybridized carbons (Fsp3) is 0.543. The van der Waals surface area contributed by atoms with Crippen LogP contribution in [0, 0.1) is 47.5 Å². The molecule has 0 saturated carbocycles. The number of benzene rings is 3. The summed E-state index contributed by atoms with van der Waals surface area (Å²) in [5.41, 5.74) is 10.0. The Balaban J connectivity index is 0.000000175. The summed E-state index contributed by atoms with van der Waals surface area (Å²) in [6.07, 6.45) is 11.7. The summed E-state index contributed by atoms with van der Waals surface area (Å²) in [6.45, 7) is 40.4. The molecule has 6 saturated heterocycles. The van der Waals surface area contributed by atoms with E-state index in [-0.39, 0.29) is 94.7 Å². The van der Waals surface area contributed by atoms with E-state index in [1.807, 2.05) is 69.2 Å². The third-order valence-electron chi connectivity index (χ3n) is 25.2. The van der Waals surface area contributed by atoms with Gasteiger partial charge in [-0.3, -0.25) is 14.4 Å². The van der Waals surface area contributed by atoms with Gasteiger partial charge in [-0.2, -0.15) is 4.39 Å². The van der Waals surface area contributed by atoms with Crippen LogP contribution in [-0.4, -0.2) is 256 Å². The maximum Gasteiger partial charge on any atom is 0.335 e. The number of pyridine rings is 3. The van der Waals surface area contributed by atoms with Gasteiger partial charge in [0.1, 0.15) is 10.8 Å². The van der Waals surface area contributed by atoms with Gasteiger partial charge in [0.05, 0.1) is 58.4 Å². The Hall–Kier alpha value is -9.60. The first-order chi connectivity index (χ1) is 56.6. The number of nitrogens with one attached hydrogen (secondary N) is 3. The molecule has 4 aromatic heterocycles. The molecule has 3 aromatic carbocycles. The number of hydrogen-bond acceptors (Lipinski definition) is 14. The van der Waals surface area contributed by atoms with Gasteiger partial charge < -0.3 is 74.3 Å². The Bertz CT molecular complexity index is 4620. The van der Waals surface area contributed by atoms with Gasteiger partial charge in [0, 0.05) is 158 Å². The molecule has 4 N–H and O–H groups in total. The van der Waals surface area contributed by atoms with E-state index in [9.17, 15) is 38.0 Å². The van der Waals surface area contributed by atoms with Crippen LogP contribution >= 0.6 is 11.6 Å². The van der Waals surface area contributed by atoms with Crippen molar-refractivity contribution >= 4 is 59.0 Å². The van der Waals surface area contributed by atoms with Crippen molar-refractivity contribution in [1.29, 1.82) is 0 Å². The number of carboxylic acids is 1. The molecule has 25 nitrogen and oxygen atoms in total. The minimum atomic E-state index is -0.966. The first-order valence-electron chi connectivity index (χ1n) is 42.6. The van der Waals surface area contributed by atoms with Gasteiger partial charge in [0.25, 0.3) is 17.7 Å². The van der Waals surface area contributed by atoms with Gasteiger partial charge in [-0.05, 0) is 225 Å². The highest BCUT2D eigenvalue weighted by Crippen LogP contribution is 2.41. The second kappa shape index (κ2) is 39.7. The number of aryl methyl sites for hydroxylation is 6. The summed E-state index contributed by atoms with van der Waals surface area (Å²) in [5, 5.41) is 18.7. The van der Waals surface area contributed by atoms with Crippen molar-refractivity contribution in [3.8, 4) is 0 Å². The number of aromatic carboxylic acids is 1. The number of carboxylic acid groups (broad SMARTS) is 1. The number of amides is 9. The maximum atomic E-state index is 13.7. The number of urea groups is 3. The third-order valence-corrected chi connectivity index (χ3v) is 25.4. The van der Waals surface area contributed by atoms with Crippen LogP contribution in [0.3, 0.4) is 0 Å². The summed E-state index contributed by atoms with van der Waals surface area (Å²) in [7, 11) is 1.66. The molecule has 6 atom stereocenters. The molecule has 0 radical (unpaired) electrons. The molecular formula is C92H126ClFN16O9. The number of imidazole rings is 1. The number of halogens is 2. The Morgan fingerprint density at radius 1 is 0.546 bits per heavy atom. The fourth-order valence-electron chi connectivity index (χ4n) is 18.5. The standard InChI is InChI=1S/C32H44N6O2.C30H40ClN5O5.C30H42FN5O2/c1-22-20-28-33-16-19-36(28)24(3)29(22)30(39)34-15-12-23(2)35-17-13-26(14-18-35)38-27(25-10-8-7-9-11-25)21-37(31(38)40)32(4,5)6;1-19-15-26(31)33-21(3)27(19)28(37)32-12-9-20(2)34-13-10-24(11-14-34)36-25(18-41-4)17-35(30(36)40)16-22-5-7-23(8-6-22)29(38)39;1-20-18-26(31)33-22(3)27(20)28(37)32-15-12-21(2)34-16-13-24(14-17-34)36-25(23-10-8-7-9-11-23)19-35(29(36)38)30(4,5)6/h7-11,16,19-20,23,26-27H,12-15,17-18,21H2,1-6H3,(H,34,39);5-8,15,20,24-25H,9-14,16-18H2,1-4H3,(H,32,37)(H,38,39);7-11,18,21,24-25H,12-17,19H2,1-6H3,(H,32,37)/t23?,27-;20?,25-;21?,25-/m000/s1. The van der Waals surface area contributed by atoms with Crippen LogP contribution in [-0.2, 0) is 11.3 Å². The van der Waals surface area contributed by atoms with E-state index >= 15 is 0 Å². The molecule has 0 aliphatic carbocycles. The summed E-state index contributed by atoms with van der Waals surface area (Å²) in [6, 6.07) is 34.5. The van der Waals surface area contributed by atoms with Crippen LogP contribution in [0.1, 0.15) is 224 Å². The highest BCUT2D eigenvalue weighted by molar-refractivity contribution is 6.29. The molecule has 3 unspecified atom stereocenters. The van der Waals surface area contributed by atoms with Crippen LogP contribution in [0.2, 0.25) is 5.15 Å². The number of fused-ring (bicyclic) bond motifs is 1. The molecule has 6 aliphatic heterocycles. The van der Waals surface area contributed by atoms with Crippen LogP contribution in [0.25, 0.3) is 5.65 Å². The Kier molecular flexibility index (Phi) is 30.1. The lowest BCUT2D eigenvalue weighted by atomic mass is 9.97. The van der Waals surface area contributed by atoms with Gasteiger partial charge >= 0.3 is 24.1 Å². The average Bonchev–Trinajstić information content (AvgIpc) is 1.63. The van der Waals surface area contributed by atoms with Crippen molar-refractivity contribution in [2.24, 2.45) is 0 Å². The van der Waals surface area contributed by atoms with Gasteiger partial charge in [-0.25, -0.2) is 34.1 Å². The number of ether oxygens (including phenoxy) is 1. The van der Waals surface area contributed by atoms with Crippen molar-refractivity contribution in [3.05, 3.63) is 199 Å². The normalized spacial score (nSPS) is 19.7. The predicted octanol–water partition coefficient (Wildman–Crippen LogP) is 14.3. The number of methoxy groups -OCH3 is 1. The van der Waals surface area contributed by atoms with Gasteiger partial charge in [-0.15, -0.1) is 0 Å². The predicted molar refractivity (Wildman–Crippen MR) is 463 cm³/mol. The van der Waals surface area contributed by atoms with E-state index in [0.717, 1.165) is 137 Å². The Labute approximate surface area is 707 Å². The fourth-order valence-corrected chi connectivity index (χ4v) is 18.8. The summed E-state index contributed by atoms with van der Waals surface area (Å²) in [5.74, 6) is -1.90. The number of likely N-dealkylation sites (tertiary alicyclic amines) is 3. The van der Waals surface area contributed by atoms with E-state index < -0.39 is 11.9 Å². The van der Waals surface area contributed by atoms with Gasteiger partial charge in [0.2, 0.25) is 5.95 Å². The summed E-state index contributed by atoms with van der Waals surface area (Å²) in [4.78, 5) is 122. The molecule has 6 fully saturated rings. The molecule has 7 aromatic rings. The molecule has 6 aliphatic rings. The van der Waals surface area contributed by atoms with E-state index in [0.29, 0.717) is 91.2 Å². The SMILES string of the molecule is COC[C@@H]1CN(Cc2ccc(C(=O)O)cc2)C(=O)N1C1CCN(C(C)CCNC(=O)c2c(C)cc(Cl)nc2C)CC1.Cc1cc(F)nc(C)c1C(=O)NCCC(C)N1CCC(N2C(=O)N(C(C)(C)C)C[C@H]2c2ccccc2)CC1.Cc1cc2nccn2c(C)c1C(=O)NCCC(C)N1CCC(N2C(=O)N(C(C)(C)C)C[C@H]2c2ccccc2)CC1. The summed E-state index contributed by atoms with van der Waals surface area (Å²) >= 11 is 6.00. The van der Waals surface area contributed by atoms with Gasteiger partial charge in [-0.1, -0.05) is 84.4 Å². The molecule has 9 amide bonds. The second-order valence-corrected chi connectivity index (χ2v) is 35.7. The molecule has 642 valence electrons. The number of carbonyl (C=O) groups is 7. The minimum Gasteiger partial charge on any atom is -0.478 e. The Morgan fingerprint density at radius 2 is 0.958 bits per heavy atom. The second-order valence-electron chi connectivity index (χ2n) is 35.3. The monoisotopic (exact) mass is 1650 g/mol. The number of piperidine rings is 3. The largest absolute Gasteiger partial charge is 0.478 e. The van der Waals surface area contributed by atoms with E-state index in [4.69, 9.17) is 21.4 Å². The lowest BCUT2D eigenvalue weighted by molar-refractivity contribution is 0.0663. The zero-order chi connectivity index (χ0) is 85.9. The highest BCUT2D eigenvalue weighted by Gasteiger charge is 2.49. The zero-order valence-corrected chi connectivity index (χ0v) is 73.5. The molecule has 0 spiro atoms. The van der Waals surface area contributed by atoms with Gasteiger partial charge in [0.15, 0.2) is 0 Å². The number of rotatable bonds is 25. The lowest BCUT2D eigenvalue weighted by Gasteiger charge is -2.41. The lowest BCUT2D eigenvalue weighted by Crippen LogP contribution is -2.51. The van der Waals surface area contributed by atoms with E-state index in [2.05, 4.69) is 166 Å². The molecular weight excluding hydrogens is 1530 g/mol. The van der Waals surface area contributed by atoms with Crippen molar-refractivity contribution < 1.29 is 47.8 Å². The average molecular weight is 1650 g/mol. The first-order valence-corrected chi connectivity index (χ1v) is 43.0. The highest BCUT2D eigenvalue weighted by atomic mass is 35.5. The smallest absolute Gasteiger partial charge is 0.335 e. The van der Waals surface area contributed by atoms with Crippen molar-refractivity contribution in [1.82, 2.24) is 79.4 Å². The van der Waals surface area contributed by atoms with Crippen molar-refractivity contribution in [3.63, 3.8) is 0 Å². The first kappa shape index (κ1) is 90.2. The molecule has 0 bridgehead atoms. The summed E-state index contributed by atoms with van der Waals surface area (Å²) < 4.78 is 20.9. The maximum absolute atomic E-state index is 13.7. The molecule has 27 heteroatoms. The quantitative estimate of drug-likeness (QED) is 0.0388. The van der Waals surface area contributed by atoms with Crippen LogP contribution in [0.15, 0.2) is 116 Å². The number of carbonyl (C=O) groups excluding carboxylic acids is 6. The molecule has 119 heavy (non-hydrogen) atoms. The zero-order valence-electron chi connectivity index (χ0n) is 72.7. The number of hydrogen-bond donors (Lipinski definition) is 4. The molecule has 13 rings (SSSR count). The van der Waals surface area contributed by atoms with Crippen molar-refractivity contribution in [2.45, 2.75) is 234 Å². The van der Waals surface area contributed by atoms with Crippen LogP contribution in [0.4, 0.5) is 18.8 Å². The topological polar surface area (TPSA) is 257 Å². The Morgan fingerprint density at radius 3 is 1.37 bits per heavy atom. The van der Waals surface area contributed by atoms with Crippen LogP contribution in [0.5, 0.6) is 0 Å².